The van der Waals surface area contributed by atoms with Crippen LogP contribution >= 0.6 is 0 Å². The molecule has 0 saturated carbocycles. The third kappa shape index (κ3) is 2.97. The molecule has 1 fully saturated rings. The molecule has 0 radical (unpaired) electrons. The Balaban J connectivity index is 1.63. The summed E-state index contributed by atoms with van der Waals surface area (Å²) in [5, 5.41) is 2.62. The van der Waals surface area contributed by atoms with E-state index in [1.165, 1.54) is 27.4 Å². The summed E-state index contributed by atoms with van der Waals surface area (Å²) >= 11 is 0. The number of amides is 1. The van der Waals surface area contributed by atoms with Gasteiger partial charge in [-0.05, 0) is 50.1 Å². The van der Waals surface area contributed by atoms with E-state index in [1.54, 1.807) is 0 Å². The topological polar surface area (TPSA) is 63.3 Å². The van der Waals surface area contributed by atoms with Crippen molar-refractivity contribution >= 4 is 27.7 Å². The molecule has 3 aromatic rings. The standard InChI is InChI=1S/C21H26N4O/c1-2-25-19-8-4-3-7-17(19)18-12-15(9-10-20(18)25)13-24-11-5-6-16(14-24)21(26)23-22/h3-4,7-10,12,16H,2,5-6,11,13-14,22H2,1H3,(H,23,26). The molecule has 4 rings (SSSR count). The number of carbonyl (C=O) groups excluding carboxylic acids is 1. The van der Waals surface area contributed by atoms with Crippen molar-refractivity contribution in [3.8, 4) is 0 Å². The number of para-hydroxylation sites is 1. The summed E-state index contributed by atoms with van der Waals surface area (Å²) in [6, 6.07) is 15.4. The van der Waals surface area contributed by atoms with Crippen molar-refractivity contribution in [2.45, 2.75) is 32.9 Å². The van der Waals surface area contributed by atoms with Gasteiger partial charge in [0.1, 0.15) is 0 Å². The highest BCUT2D eigenvalue weighted by Gasteiger charge is 2.25. The molecule has 1 aromatic heterocycles. The predicted octanol–water partition coefficient (Wildman–Crippen LogP) is 3.02. The Labute approximate surface area is 153 Å². The lowest BCUT2D eigenvalue weighted by molar-refractivity contribution is -0.126. The van der Waals surface area contributed by atoms with Crippen LogP contribution in [0.25, 0.3) is 21.8 Å². The van der Waals surface area contributed by atoms with Gasteiger partial charge in [0, 0.05) is 41.4 Å². The maximum absolute atomic E-state index is 11.9. The molecule has 0 bridgehead atoms. The number of hydrazine groups is 1. The molecule has 26 heavy (non-hydrogen) atoms. The number of nitrogens with one attached hydrogen (secondary N) is 1. The number of hydrogen-bond acceptors (Lipinski definition) is 3. The maximum atomic E-state index is 11.9. The number of benzene rings is 2. The van der Waals surface area contributed by atoms with Crippen LogP contribution in [0.4, 0.5) is 0 Å². The molecule has 1 unspecified atom stereocenters. The first-order valence-electron chi connectivity index (χ1n) is 9.44. The minimum atomic E-state index is -0.0452. The Morgan fingerprint density at radius 2 is 2.00 bits per heavy atom. The van der Waals surface area contributed by atoms with Crippen molar-refractivity contribution < 1.29 is 4.79 Å². The molecule has 1 aliphatic heterocycles. The highest BCUT2D eigenvalue weighted by Crippen LogP contribution is 2.30. The van der Waals surface area contributed by atoms with Gasteiger partial charge in [0.2, 0.25) is 5.91 Å². The van der Waals surface area contributed by atoms with E-state index < -0.39 is 0 Å². The van der Waals surface area contributed by atoms with Gasteiger partial charge in [0.15, 0.2) is 0 Å². The quantitative estimate of drug-likeness (QED) is 0.432. The van der Waals surface area contributed by atoms with Gasteiger partial charge in [-0.1, -0.05) is 24.3 Å². The van der Waals surface area contributed by atoms with Crippen LogP contribution in [0.1, 0.15) is 25.3 Å². The molecule has 0 spiro atoms. The number of carbonyl (C=O) groups is 1. The van der Waals surface area contributed by atoms with Crippen LogP contribution in [0.3, 0.4) is 0 Å². The van der Waals surface area contributed by atoms with E-state index in [1.807, 2.05) is 0 Å². The van der Waals surface area contributed by atoms with Crippen molar-refractivity contribution in [2.24, 2.45) is 11.8 Å². The Bertz CT molecular complexity index is 946. The van der Waals surface area contributed by atoms with Gasteiger partial charge in [-0.2, -0.15) is 0 Å². The van der Waals surface area contributed by atoms with E-state index in [4.69, 9.17) is 5.84 Å². The van der Waals surface area contributed by atoms with E-state index >= 15 is 0 Å². The zero-order valence-corrected chi connectivity index (χ0v) is 15.2. The normalized spacial score (nSPS) is 18.5. The number of nitrogens with zero attached hydrogens (tertiary/aromatic N) is 2. The lowest BCUT2D eigenvalue weighted by Gasteiger charge is -2.31. The minimum absolute atomic E-state index is 0.000476. The van der Waals surface area contributed by atoms with Gasteiger partial charge >= 0.3 is 0 Å². The number of likely N-dealkylation sites (tertiary alicyclic amines) is 1. The largest absolute Gasteiger partial charge is 0.341 e. The van der Waals surface area contributed by atoms with Crippen molar-refractivity contribution in [1.29, 1.82) is 0 Å². The first-order valence-corrected chi connectivity index (χ1v) is 9.44. The number of fused-ring (bicyclic) bond motifs is 3. The van der Waals surface area contributed by atoms with Crippen LogP contribution in [0.5, 0.6) is 0 Å². The molecule has 1 saturated heterocycles. The first kappa shape index (κ1) is 17.1. The molecule has 5 heteroatoms. The Morgan fingerprint density at radius 1 is 1.19 bits per heavy atom. The van der Waals surface area contributed by atoms with E-state index in [9.17, 15) is 4.79 Å². The van der Waals surface area contributed by atoms with Crippen LogP contribution in [0.15, 0.2) is 42.5 Å². The lowest BCUT2D eigenvalue weighted by atomic mass is 9.97. The fourth-order valence-electron chi connectivity index (χ4n) is 4.33. The van der Waals surface area contributed by atoms with Crippen molar-refractivity contribution in [3.05, 3.63) is 48.0 Å². The Kier molecular flexibility index (Phi) is 4.66. The molecule has 1 amide bonds. The summed E-state index contributed by atoms with van der Waals surface area (Å²) in [5.41, 5.74) is 6.18. The van der Waals surface area contributed by atoms with Gasteiger partial charge in [-0.25, -0.2) is 5.84 Å². The van der Waals surface area contributed by atoms with Gasteiger partial charge in [0.25, 0.3) is 0 Å². The molecular formula is C21H26N4O. The van der Waals surface area contributed by atoms with E-state index in [0.717, 1.165) is 39.0 Å². The number of aromatic nitrogens is 1. The number of aryl methyl sites for hydroxylation is 1. The fourth-order valence-corrected chi connectivity index (χ4v) is 4.33. The first-order chi connectivity index (χ1) is 12.7. The minimum Gasteiger partial charge on any atom is -0.341 e. The number of piperidine rings is 1. The van der Waals surface area contributed by atoms with Crippen LogP contribution in [-0.4, -0.2) is 28.5 Å². The van der Waals surface area contributed by atoms with Crippen molar-refractivity contribution in [3.63, 3.8) is 0 Å². The second-order valence-corrected chi connectivity index (χ2v) is 7.20. The van der Waals surface area contributed by atoms with Gasteiger partial charge in [0.05, 0.1) is 5.92 Å². The Morgan fingerprint density at radius 3 is 2.81 bits per heavy atom. The zero-order valence-electron chi connectivity index (χ0n) is 15.2. The molecule has 3 N–H and O–H groups in total. The Hall–Kier alpha value is -2.37. The monoisotopic (exact) mass is 350 g/mol. The average Bonchev–Trinajstić information content (AvgIpc) is 3.00. The SMILES string of the molecule is CCn1c2ccccc2c2cc(CN3CCCC(C(=O)NN)C3)ccc21. The third-order valence-corrected chi connectivity index (χ3v) is 5.58. The van der Waals surface area contributed by atoms with Crippen LogP contribution in [0.2, 0.25) is 0 Å². The molecule has 1 atom stereocenters. The van der Waals surface area contributed by atoms with Crippen LogP contribution in [-0.2, 0) is 17.9 Å². The summed E-state index contributed by atoms with van der Waals surface area (Å²) in [5.74, 6) is 5.27. The predicted molar refractivity (Wildman–Crippen MR) is 105 cm³/mol. The van der Waals surface area contributed by atoms with Gasteiger partial charge in [-0.3, -0.25) is 15.1 Å². The summed E-state index contributed by atoms with van der Waals surface area (Å²) in [6.07, 6.45) is 1.96. The molecule has 2 aromatic carbocycles. The molecular weight excluding hydrogens is 324 g/mol. The van der Waals surface area contributed by atoms with E-state index in [-0.39, 0.29) is 11.8 Å². The highest BCUT2D eigenvalue weighted by molar-refractivity contribution is 6.08. The van der Waals surface area contributed by atoms with Crippen molar-refractivity contribution in [2.75, 3.05) is 13.1 Å². The molecule has 2 heterocycles. The van der Waals surface area contributed by atoms with E-state index in [0.29, 0.717) is 0 Å². The third-order valence-electron chi connectivity index (χ3n) is 5.58. The summed E-state index contributed by atoms with van der Waals surface area (Å²) in [7, 11) is 0. The molecule has 136 valence electrons. The van der Waals surface area contributed by atoms with Crippen molar-refractivity contribution in [1.82, 2.24) is 14.9 Å². The fraction of sp³-hybridized carbons (Fsp3) is 0.381. The van der Waals surface area contributed by atoms with Crippen LogP contribution < -0.4 is 11.3 Å². The lowest BCUT2D eigenvalue weighted by Crippen LogP contribution is -2.44. The number of hydrogen-bond donors (Lipinski definition) is 2. The molecule has 1 aliphatic rings. The maximum Gasteiger partial charge on any atom is 0.238 e. The van der Waals surface area contributed by atoms with Gasteiger partial charge in [-0.15, -0.1) is 0 Å². The summed E-state index contributed by atoms with van der Waals surface area (Å²) < 4.78 is 2.37. The zero-order chi connectivity index (χ0) is 18.1. The van der Waals surface area contributed by atoms with Gasteiger partial charge < -0.3 is 4.57 Å². The highest BCUT2D eigenvalue weighted by atomic mass is 16.2. The van der Waals surface area contributed by atoms with Crippen LogP contribution in [0, 0.1) is 5.92 Å². The average molecular weight is 350 g/mol. The molecule has 5 nitrogen and oxygen atoms in total. The summed E-state index contributed by atoms with van der Waals surface area (Å²) in [4.78, 5) is 14.2. The number of rotatable bonds is 4. The smallest absolute Gasteiger partial charge is 0.238 e. The second-order valence-electron chi connectivity index (χ2n) is 7.20. The van der Waals surface area contributed by atoms with E-state index in [2.05, 4.69) is 64.3 Å². The molecule has 0 aliphatic carbocycles. The summed E-state index contributed by atoms with van der Waals surface area (Å²) in [6.45, 7) is 5.83. The second kappa shape index (κ2) is 7.09. The number of nitrogens with two attached hydrogens (primary N) is 1.